The van der Waals surface area contributed by atoms with Crippen LogP contribution < -0.4 is 10.1 Å². The Kier molecular flexibility index (Phi) is 4.19. The van der Waals surface area contributed by atoms with Gasteiger partial charge in [-0.15, -0.1) is 0 Å². The lowest BCUT2D eigenvalue weighted by Gasteiger charge is -2.27. The molecule has 0 spiro atoms. The second kappa shape index (κ2) is 6.62. The van der Waals surface area contributed by atoms with Gasteiger partial charge in [-0.2, -0.15) is 0 Å². The van der Waals surface area contributed by atoms with E-state index in [0.29, 0.717) is 11.4 Å². The molecule has 5 rings (SSSR count). The third-order valence-corrected chi connectivity index (χ3v) is 7.40. The van der Waals surface area contributed by atoms with Crippen LogP contribution in [0.25, 0.3) is 0 Å². The predicted octanol–water partition coefficient (Wildman–Crippen LogP) is 4.30. The molecule has 1 aliphatic heterocycles. The molecule has 2 aliphatic carbocycles. The topological polar surface area (TPSA) is 64.6 Å². The molecular formula is C22H20BrNO4. The summed E-state index contributed by atoms with van der Waals surface area (Å²) in [6, 6.07) is 15.1. The Morgan fingerprint density at radius 3 is 2.39 bits per heavy atom. The molecule has 1 heterocycles. The molecule has 2 bridgehead atoms. The van der Waals surface area contributed by atoms with Crippen molar-refractivity contribution in [2.24, 2.45) is 23.7 Å². The van der Waals surface area contributed by atoms with E-state index < -0.39 is 0 Å². The average Bonchev–Trinajstić information content (AvgIpc) is 3.29. The normalized spacial score (nSPS) is 32.3. The van der Waals surface area contributed by atoms with Crippen molar-refractivity contribution in [3.63, 3.8) is 0 Å². The summed E-state index contributed by atoms with van der Waals surface area (Å²) in [6.07, 6.45) is 0.808. The third kappa shape index (κ3) is 2.82. The van der Waals surface area contributed by atoms with Gasteiger partial charge in [0, 0.05) is 11.6 Å². The van der Waals surface area contributed by atoms with E-state index in [2.05, 4.69) is 21.2 Å². The number of carbonyl (C=O) groups is 2. The van der Waals surface area contributed by atoms with Crippen molar-refractivity contribution in [3.8, 4) is 11.5 Å². The molecule has 2 aromatic rings. The second-order valence-electron chi connectivity index (χ2n) is 7.89. The Balaban J connectivity index is 1.27. The lowest BCUT2D eigenvalue weighted by atomic mass is 9.79. The maximum Gasteiger partial charge on any atom is 0.310 e. The zero-order chi connectivity index (χ0) is 19.4. The summed E-state index contributed by atoms with van der Waals surface area (Å²) in [5.74, 6) is 0.829. The van der Waals surface area contributed by atoms with Crippen LogP contribution in [0.5, 0.6) is 11.5 Å². The Morgan fingerprint density at radius 1 is 1.07 bits per heavy atom. The lowest BCUT2D eigenvalue weighted by molar-refractivity contribution is -0.145. The average molecular weight is 442 g/mol. The van der Waals surface area contributed by atoms with Crippen molar-refractivity contribution in [2.45, 2.75) is 24.3 Å². The number of ether oxygens (including phenoxy) is 2. The van der Waals surface area contributed by atoms with E-state index in [0.717, 1.165) is 12.2 Å². The van der Waals surface area contributed by atoms with Crippen LogP contribution in [0.2, 0.25) is 0 Å². The monoisotopic (exact) mass is 441 g/mol. The van der Waals surface area contributed by atoms with Gasteiger partial charge in [0.05, 0.1) is 16.7 Å². The number of amides is 1. The molecule has 28 heavy (non-hydrogen) atoms. The van der Waals surface area contributed by atoms with E-state index in [-0.39, 0.29) is 46.5 Å². The summed E-state index contributed by atoms with van der Waals surface area (Å²) < 4.78 is 11.3. The van der Waals surface area contributed by atoms with Gasteiger partial charge >= 0.3 is 5.97 Å². The SMILES string of the molecule is Cc1ccc(Oc2ccc(NC(=O)C3C4CC5C(OC(=O)C53)C4Br)cc2)cc1. The highest BCUT2D eigenvalue weighted by Gasteiger charge is 2.67. The molecule has 1 N–H and O–H groups in total. The van der Waals surface area contributed by atoms with Crippen LogP contribution in [-0.4, -0.2) is 22.8 Å². The van der Waals surface area contributed by atoms with Gasteiger partial charge in [0.15, 0.2) is 0 Å². The number of carbonyl (C=O) groups excluding carboxylic acids is 2. The molecule has 2 saturated carbocycles. The van der Waals surface area contributed by atoms with Crippen molar-refractivity contribution in [3.05, 3.63) is 54.1 Å². The van der Waals surface area contributed by atoms with Crippen LogP contribution in [-0.2, 0) is 14.3 Å². The van der Waals surface area contributed by atoms with Gasteiger partial charge in [-0.1, -0.05) is 33.6 Å². The number of fused-ring (bicyclic) bond motifs is 1. The minimum Gasteiger partial charge on any atom is -0.461 e. The fourth-order valence-electron chi connectivity index (χ4n) is 4.90. The molecule has 6 atom stereocenters. The van der Waals surface area contributed by atoms with Crippen molar-refractivity contribution < 1.29 is 19.1 Å². The van der Waals surface area contributed by atoms with Crippen LogP contribution in [0.1, 0.15) is 12.0 Å². The molecular weight excluding hydrogens is 422 g/mol. The maximum absolute atomic E-state index is 12.9. The number of benzene rings is 2. The summed E-state index contributed by atoms with van der Waals surface area (Å²) in [4.78, 5) is 25.2. The van der Waals surface area contributed by atoms with Gasteiger partial charge in [0.25, 0.3) is 0 Å². The molecule has 0 aromatic heterocycles. The van der Waals surface area contributed by atoms with Crippen LogP contribution >= 0.6 is 15.9 Å². The quantitative estimate of drug-likeness (QED) is 0.567. The van der Waals surface area contributed by atoms with Crippen LogP contribution in [0.4, 0.5) is 5.69 Å². The predicted molar refractivity (Wildman–Crippen MR) is 107 cm³/mol. The summed E-state index contributed by atoms with van der Waals surface area (Å²) >= 11 is 3.64. The molecule has 5 nitrogen and oxygen atoms in total. The zero-order valence-corrected chi connectivity index (χ0v) is 16.9. The van der Waals surface area contributed by atoms with Gasteiger partial charge in [0.1, 0.15) is 17.6 Å². The standard InChI is InChI=1S/C22H20BrNO4/c1-11-2-6-13(7-3-11)27-14-8-4-12(5-9-14)24-21(25)17-15-10-16-18(17)22(26)28-20(16)19(15)23/h2-9,15-20H,10H2,1H3,(H,24,25). The number of hydrogen-bond donors (Lipinski definition) is 1. The first-order chi connectivity index (χ1) is 13.5. The number of alkyl halides is 1. The number of esters is 1. The highest BCUT2D eigenvalue weighted by Crippen LogP contribution is 2.60. The summed E-state index contributed by atoms with van der Waals surface area (Å²) in [6.45, 7) is 2.03. The Hall–Kier alpha value is -2.34. The van der Waals surface area contributed by atoms with Crippen LogP contribution in [0.3, 0.4) is 0 Å². The first kappa shape index (κ1) is 17.7. The van der Waals surface area contributed by atoms with E-state index in [4.69, 9.17) is 9.47 Å². The Labute approximate surface area is 171 Å². The molecule has 6 heteroatoms. The molecule has 3 fully saturated rings. The molecule has 1 saturated heterocycles. The molecule has 2 aromatic carbocycles. The molecule has 1 amide bonds. The number of anilines is 1. The van der Waals surface area contributed by atoms with Gasteiger partial charge in [-0.3, -0.25) is 9.59 Å². The van der Waals surface area contributed by atoms with Crippen LogP contribution in [0, 0.1) is 30.6 Å². The van der Waals surface area contributed by atoms with Gasteiger partial charge in [-0.05, 0) is 55.7 Å². The Morgan fingerprint density at radius 2 is 1.71 bits per heavy atom. The second-order valence-corrected chi connectivity index (χ2v) is 8.95. The highest BCUT2D eigenvalue weighted by molar-refractivity contribution is 9.09. The maximum atomic E-state index is 12.9. The fraction of sp³-hybridized carbons (Fsp3) is 0.364. The smallest absolute Gasteiger partial charge is 0.310 e. The number of aryl methyl sites for hydroxylation is 1. The summed E-state index contributed by atoms with van der Waals surface area (Å²) in [5, 5.41) is 2.97. The van der Waals surface area contributed by atoms with Gasteiger partial charge in [0.2, 0.25) is 5.91 Å². The van der Waals surface area contributed by atoms with E-state index in [1.807, 2.05) is 55.5 Å². The summed E-state index contributed by atoms with van der Waals surface area (Å²) in [7, 11) is 0. The van der Waals surface area contributed by atoms with E-state index in [9.17, 15) is 9.59 Å². The van der Waals surface area contributed by atoms with Crippen molar-refractivity contribution in [1.29, 1.82) is 0 Å². The van der Waals surface area contributed by atoms with E-state index in [1.165, 1.54) is 5.56 Å². The number of halogens is 1. The highest BCUT2D eigenvalue weighted by atomic mass is 79.9. The van der Waals surface area contributed by atoms with Crippen molar-refractivity contribution >= 4 is 33.5 Å². The lowest BCUT2D eigenvalue weighted by Crippen LogP contribution is -2.40. The number of rotatable bonds is 4. The van der Waals surface area contributed by atoms with Crippen molar-refractivity contribution in [2.75, 3.05) is 5.32 Å². The first-order valence-electron chi connectivity index (χ1n) is 9.51. The fourth-order valence-corrected chi connectivity index (χ4v) is 5.95. The van der Waals surface area contributed by atoms with E-state index >= 15 is 0 Å². The van der Waals surface area contributed by atoms with Crippen LogP contribution in [0.15, 0.2) is 48.5 Å². The molecule has 3 aliphatic rings. The van der Waals surface area contributed by atoms with E-state index in [1.54, 1.807) is 0 Å². The Bertz CT molecular complexity index is 927. The minimum absolute atomic E-state index is 0.0650. The largest absolute Gasteiger partial charge is 0.461 e. The number of nitrogens with one attached hydrogen (secondary N) is 1. The number of hydrogen-bond acceptors (Lipinski definition) is 4. The minimum atomic E-state index is -0.330. The molecule has 0 radical (unpaired) electrons. The van der Waals surface area contributed by atoms with Gasteiger partial charge in [-0.25, -0.2) is 0 Å². The third-order valence-electron chi connectivity index (χ3n) is 6.20. The summed E-state index contributed by atoms with van der Waals surface area (Å²) in [5.41, 5.74) is 1.87. The zero-order valence-electron chi connectivity index (χ0n) is 15.3. The molecule has 6 unspecified atom stereocenters. The molecule has 144 valence electrons. The first-order valence-corrected chi connectivity index (χ1v) is 10.4. The van der Waals surface area contributed by atoms with Gasteiger partial charge < -0.3 is 14.8 Å². The van der Waals surface area contributed by atoms with Crippen molar-refractivity contribution in [1.82, 2.24) is 0 Å².